The molecule has 0 aliphatic heterocycles. The van der Waals surface area contributed by atoms with Crippen LogP contribution in [-0.2, 0) is 0 Å². The zero-order chi connectivity index (χ0) is 12.3. The molecule has 0 atom stereocenters. The molecule has 17 heavy (non-hydrogen) atoms. The van der Waals surface area contributed by atoms with Gasteiger partial charge in [-0.25, -0.2) is 4.98 Å². The van der Waals surface area contributed by atoms with Gasteiger partial charge in [0.25, 0.3) is 5.91 Å². The topological polar surface area (TPSA) is 79.9 Å². The molecule has 0 radical (unpaired) electrons. The Hall–Kier alpha value is -2.37. The summed E-state index contributed by atoms with van der Waals surface area (Å²) < 4.78 is 5.04. The highest BCUT2D eigenvalue weighted by Gasteiger charge is 2.13. The Morgan fingerprint density at radius 3 is 3.00 bits per heavy atom. The number of amides is 1. The van der Waals surface area contributed by atoms with Crippen LogP contribution in [0.1, 0.15) is 16.1 Å². The molecule has 0 bridgehead atoms. The van der Waals surface area contributed by atoms with E-state index in [1.54, 1.807) is 25.3 Å². The van der Waals surface area contributed by atoms with E-state index in [2.05, 4.69) is 20.5 Å². The first-order valence-electron chi connectivity index (χ1n) is 5.02. The van der Waals surface area contributed by atoms with Gasteiger partial charge in [-0.3, -0.25) is 9.89 Å². The van der Waals surface area contributed by atoms with Crippen LogP contribution in [0.15, 0.2) is 24.5 Å². The van der Waals surface area contributed by atoms with Crippen molar-refractivity contribution >= 4 is 11.6 Å². The van der Waals surface area contributed by atoms with Crippen LogP contribution in [0.2, 0.25) is 0 Å². The minimum absolute atomic E-state index is 0.248. The average Bonchev–Trinajstić information content (AvgIpc) is 2.76. The fourth-order valence-electron chi connectivity index (χ4n) is 1.42. The molecule has 0 aliphatic carbocycles. The van der Waals surface area contributed by atoms with E-state index in [0.29, 0.717) is 22.8 Å². The Kier molecular flexibility index (Phi) is 3.04. The van der Waals surface area contributed by atoms with E-state index in [-0.39, 0.29) is 5.91 Å². The number of pyridine rings is 1. The molecule has 2 aromatic heterocycles. The summed E-state index contributed by atoms with van der Waals surface area (Å²) in [5.74, 6) is 0.129. The summed E-state index contributed by atoms with van der Waals surface area (Å²) in [6, 6.07) is 3.44. The van der Waals surface area contributed by atoms with Crippen molar-refractivity contribution in [2.75, 3.05) is 12.4 Å². The quantitative estimate of drug-likeness (QED) is 0.837. The van der Waals surface area contributed by atoms with Crippen LogP contribution >= 0.6 is 0 Å². The van der Waals surface area contributed by atoms with Gasteiger partial charge in [0.1, 0.15) is 5.69 Å². The molecule has 2 aromatic rings. The van der Waals surface area contributed by atoms with Crippen LogP contribution in [0, 0.1) is 6.92 Å². The van der Waals surface area contributed by atoms with E-state index in [1.165, 1.54) is 13.3 Å². The zero-order valence-corrected chi connectivity index (χ0v) is 9.52. The third-order valence-corrected chi connectivity index (χ3v) is 2.29. The Bertz CT molecular complexity index is 536. The number of nitrogens with zero attached hydrogens (tertiary/aromatic N) is 2. The third-order valence-electron chi connectivity index (χ3n) is 2.29. The lowest BCUT2D eigenvalue weighted by Crippen LogP contribution is -2.13. The third kappa shape index (κ3) is 2.25. The Balaban J connectivity index is 2.22. The van der Waals surface area contributed by atoms with E-state index in [9.17, 15) is 4.79 Å². The van der Waals surface area contributed by atoms with Gasteiger partial charge in [0.2, 0.25) is 5.88 Å². The molecule has 0 fully saturated rings. The number of aromatic nitrogens is 3. The maximum Gasteiger partial charge on any atom is 0.259 e. The lowest BCUT2D eigenvalue weighted by Gasteiger charge is -2.07. The Morgan fingerprint density at radius 2 is 2.35 bits per heavy atom. The van der Waals surface area contributed by atoms with Gasteiger partial charge < -0.3 is 10.1 Å². The fourth-order valence-corrected chi connectivity index (χ4v) is 1.42. The predicted octanol–water partition coefficient (Wildman–Crippen LogP) is 1.37. The summed E-state index contributed by atoms with van der Waals surface area (Å²) >= 11 is 0. The molecule has 0 spiro atoms. The number of aromatic amines is 1. The predicted molar refractivity (Wildman–Crippen MR) is 62.1 cm³/mol. The zero-order valence-electron chi connectivity index (χ0n) is 9.52. The Morgan fingerprint density at radius 1 is 1.53 bits per heavy atom. The van der Waals surface area contributed by atoms with Crippen molar-refractivity contribution in [1.29, 1.82) is 0 Å². The summed E-state index contributed by atoms with van der Waals surface area (Å²) in [5, 5.41) is 9.22. The summed E-state index contributed by atoms with van der Waals surface area (Å²) in [5.41, 5.74) is 1.74. The van der Waals surface area contributed by atoms with Gasteiger partial charge in [0.15, 0.2) is 0 Å². The normalized spacial score (nSPS) is 10.0. The van der Waals surface area contributed by atoms with E-state index in [1.807, 2.05) is 0 Å². The van der Waals surface area contributed by atoms with Crippen molar-refractivity contribution in [2.24, 2.45) is 0 Å². The van der Waals surface area contributed by atoms with Crippen LogP contribution < -0.4 is 10.1 Å². The molecule has 1 amide bonds. The van der Waals surface area contributed by atoms with Gasteiger partial charge in [0.05, 0.1) is 18.9 Å². The lowest BCUT2D eigenvalue weighted by molar-refractivity contribution is 0.102. The van der Waals surface area contributed by atoms with Crippen molar-refractivity contribution in [3.8, 4) is 5.88 Å². The SMILES string of the molecule is COc1ncccc1NC(=O)c1cn[nH]c1C. The largest absolute Gasteiger partial charge is 0.480 e. The van der Waals surface area contributed by atoms with Crippen molar-refractivity contribution in [2.45, 2.75) is 6.92 Å². The van der Waals surface area contributed by atoms with Crippen molar-refractivity contribution in [3.05, 3.63) is 35.8 Å². The number of H-pyrrole nitrogens is 1. The van der Waals surface area contributed by atoms with Gasteiger partial charge >= 0.3 is 0 Å². The van der Waals surface area contributed by atoms with Crippen molar-refractivity contribution in [3.63, 3.8) is 0 Å². The molecule has 6 heteroatoms. The summed E-state index contributed by atoms with van der Waals surface area (Å²) in [6.07, 6.45) is 3.07. The molecule has 2 N–H and O–H groups in total. The lowest BCUT2D eigenvalue weighted by atomic mass is 10.2. The summed E-state index contributed by atoms with van der Waals surface area (Å²) in [7, 11) is 1.50. The van der Waals surface area contributed by atoms with E-state index in [4.69, 9.17) is 4.74 Å². The first-order valence-corrected chi connectivity index (χ1v) is 5.02. The van der Waals surface area contributed by atoms with E-state index < -0.39 is 0 Å². The second-order valence-electron chi connectivity index (χ2n) is 3.42. The monoisotopic (exact) mass is 232 g/mol. The van der Waals surface area contributed by atoms with Crippen LogP contribution in [-0.4, -0.2) is 28.2 Å². The van der Waals surface area contributed by atoms with Crippen LogP contribution in [0.3, 0.4) is 0 Å². The number of ether oxygens (including phenoxy) is 1. The number of anilines is 1. The molecule has 2 rings (SSSR count). The van der Waals surface area contributed by atoms with Gasteiger partial charge in [-0.05, 0) is 19.1 Å². The van der Waals surface area contributed by atoms with Crippen LogP contribution in [0.25, 0.3) is 0 Å². The van der Waals surface area contributed by atoms with Crippen molar-refractivity contribution < 1.29 is 9.53 Å². The second kappa shape index (κ2) is 4.65. The summed E-state index contributed by atoms with van der Waals surface area (Å²) in [4.78, 5) is 15.9. The molecule has 2 heterocycles. The molecule has 0 aromatic carbocycles. The first-order chi connectivity index (χ1) is 8.22. The number of nitrogens with one attached hydrogen (secondary N) is 2. The van der Waals surface area contributed by atoms with Gasteiger partial charge in [-0.2, -0.15) is 5.10 Å². The molecule has 6 nitrogen and oxygen atoms in total. The first kappa shape index (κ1) is 11.1. The maximum atomic E-state index is 11.9. The molecule has 0 saturated carbocycles. The van der Waals surface area contributed by atoms with Gasteiger partial charge in [0, 0.05) is 11.9 Å². The number of carbonyl (C=O) groups excluding carboxylic acids is 1. The van der Waals surface area contributed by atoms with Crippen LogP contribution in [0.4, 0.5) is 5.69 Å². The molecular weight excluding hydrogens is 220 g/mol. The smallest absolute Gasteiger partial charge is 0.259 e. The molecular formula is C11H12N4O2. The minimum Gasteiger partial charge on any atom is -0.480 e. The highest BCUT2D eigenvalue weighted by molar-refractivity contribution is 6.05. The van der Waals surface area contributed by atoms with Crippen molar-refractivity contribution in [1.82, 2.24) is 15.2 Å². The number of methoxy groups -OCH3 is 1. The molecule has 88 valence electrons. The standard InChI is InChI=1S/C11H12N4O2/c1-7-8(6-13-15-7)10(16)14-9-4-3-5-12-11(9)17-2/h3-6H,1-2H3,(H,13,15)(H,14,16). The highest BCUT2D eigenvalue weighted by Crippen LogP contribution is 2.20. The molecule has 0 aliphatic rings. The average molecular weight is 232 g/mol. The number of hydrogen-bond donors (Lipinski definition) is 2. The maximum absolute atomic E-state index is 11.9. The van der Waals surface area contributed by atoms with Crippen LogP contribution in [0.5, 0.6) is 5.88 Å². The molecule has 0 saturated heterocycles. The number of carbonyl (C=O) groups is 1. The van der Waals surface area contributed by atoms with Gasteiger partial charge in [-0.1, -0.05) is 0 Å². The van der Waals surface area contributed by atoms with E-state index in [0.717, 1.165) is 0 Å². The highest BCUT2D eigenvalue weighted by atomic mass is 16.5. The minimum atomic E-state index is -0.248. The number of rotatable bonds is 3. The fraction of sp³-hybridized carbons (Fsp3) is 0.182. The number of aryl methyl sites for hydroxylation is 1. The van der Waals surface area contributed by atoms with E-state index >= 15 is 0 Å². The Labute approximate surface area is 98.0 Å². The molecule has 0 unspecified atom stereocenters. The second-order valence-corrected chi connectivity index (χ2v) is 3.42. The summed E-state index contributed by atoms with van der Waals surface area (Å²) in [6.45, 7) is 1.78. The number of hydrogen-bond acceptors (Lipinski definition) is 4. The van der Waals surface area contributed by atoms with Gasteiger partial charge in [-0.15, -0.1) is 0 Å².